The van der Waals surface area contributed by atoms with Gasteiger partial charge < -0.3 is 0 Å². The van der Waals surface area contributed by atoms with E-state index in [1.165, 1.54) is 0 Å². The van der Waals surface area contributed by atoms with E-state index in [1.54, 1.807) is 29.7 Å². The molecule has 2 aromatic carbocycles. The Hall–Kier alpha value is -2.54. The maximum atomic E-state index is 12.6. The van der Waals surface area contributed by atoms with Crippen molar-refractivity contribution in [1.82, 2.24) is 9.71 Å². The molecule has 26 heavy (non-hydrogen) atoms. The molecule has 0 fully saturated rings. The lowest BCUT2D eigenvalue weighted by Gasteiger charge is -2.09. The molecule has 0 saturated heterocycles. The first-order chi connectivity index (χ1) is 12.6. The van der Waals surface area contributed by atoms with Gasteiger partial charge in [0.05, 0.1) is 15.5 Å². The van der Waals surface area contributed by atoms with Crippen molar-refractivity contribution in [1.29, 1.82) is 0 Å². The molecule has 0 bridgehead atoms. The van der Waals surface area contributed by atoms with Crippen LogP contribution >= 0.6 is 11.3 Å². The van der Waals surface area contributed by atoms with Gasteiger partial charge >= 0.3 is 0 Å². The summed E-state index contributed by atoms with van der Waals surface area (Å²) in [5, 5.41) is 3.91. The topological polar surface area (TPSA) is 59.1 Å². The first-order valence-corrected chi connectivity index (χ1v) is 10.5. The Bertz CT molecular complexity index is 1150. The van der Waals surface area contributed by atoms with E-state index in [2.05, 4.69) is 9.71 Å². The van der Waals surface area contributed by atoms with E-state index in [9.17, 15) is 8.42 Å². The molecule has 0 aliphatic carbocycles. The Labute approximate surface area is 156 Å². The van der Waals surface area contributed by atoms with Crippen LogP contribution in [0.1, 0.15) is 5.56 Å². The molecule has 2 aromatic heterocycles. The fraction of sp³-hybridized carbons (Fsp3) is 0.0500. The molecule has 0 amide bonds. The first-order valence-electron chi connectivity index (χ1n) is 8.09. The van der Waals surface area contributed by atoms with Crippen molar-refractivity contribution in [3.8, 4) is 10.6 Å². The van der Waals surface area contributed by atoms with Gasteiger partial charge in [0.2, 0.25) is 10.0 Å². The van der Waals surface area contributed by atoms with E-state index in [-0.39, 0.29) is 11.4 Å². The van der Waals surface area contributed by atoms with Gasteiger partial charge in [0.15, 0.2) is 0 Å². The van der Waals surface area contributed by atoms with Gasteiger partial charge in [-0.25, -0.2) is 13.1 Å². The van der Waals surface area contributed by atoms with Crippen LogP contribution in [0.25, 0.3) is 21.3 Å². The van der Waals surface area contributed by atoms with Crippen LogP contribution in [-0.4, -0.2) is 13.4 Å². The molecule has 6 heteroatoms. The molecule has 4 aromatic rings. The minimum atomic E-state index is -3.58. The number of sulfonamides is 1. The Balaban J connectivity index is 1.55. The van der Waals surface area contributed by atoms with Crippen LogP contribution in [0.15, 0.2) is 83.2 Å². The van der Waals surface area contributed by atoms with Gasteiger partial charge in [-0.1, -0.05) is 36.4 Å². The molecule has 0 spiro atoms. The van der Waals surface area contributed by atoms with Crippen LogP contribution in [-0.2, 0) is 16.6 Å². The molecule has 0 aliphatic heterocycles. The van der Waals surface area contributed by atoms with Gasteiger partial charge in [-0.3, -0.25) is 4.98 Å². The molecule has 0 radical (unpaired) electrons. The van der Waals surface area contributed by atoms with E-state index < -0.39 is 10.0 Å². The summed E-state index contributed by atoms with van der Waals surface area (Å²) >= 11 is 1.61. The maximum Gasteiger partial charge on any atom is 0.240 e. The van der Waals surface area contributed by atoms with Gasteiger partial charge in [0.25, 0.3) is 0 Å². The van der Waals surface area contributed by atoms with Crippen molar-refractivity contribution in [2.75, 3.05) is 0 Å². The van der Waals surface area contributed by atoms with Crippen molar-refractivity contribution in [3.05, 3.63) is 83.9 Å². The van der Waals surface area contributed by atoms with Gasteiger partial charge in [-0.2, -0.15) is 0 Å². The van der Waals surface area contributed by atoms with Gasteiger partial charge in [-0.15, -0.1) is 11.3 Å². The molecule has 0 aliphatic rings. The number of nitrogens with one attached hydrogen (secondary N) is 1. The standard InChI is InChI=1S/C20H16N2O2S2/c23-26(24,18-8-7-16-4-1-2-5-17(16)13-18)22-14-15-9-10-21-19(12-15)20-6-3-11-25-20/h1-13,22H,14H2. The lowest BCUT2D eigenvalue weighted by atomic mass is 10.1. The molecule has 4 rings (SSSR count). The Kier molecular flexibility index (Phi) is 4.55. The SMILES string of the molecule is O=S(=O)(NCc1ccnc(-c2cccs2)c1)c1ccc2ccccc2c1. The summed E-state index contributed by atoms with van der Waals surface area (Å²) < 4.78 is 28.0. The van der Waals surface area contributed by atoms with E-state index >= 15 is 0 Å². The first kappa shape index (κ1) is 16.9. The Morgan fingerprint density at radius 2 is 1.77 bits per heavy atom. The molecule has 0 atom stereocenters. The van der Waals surface area contributed by atoms with Gasteiger partial charge in [0.1, 0.15) is 0 Å². The number of hydrogen-bond donors (Lipinski definition) is 1. The highest BCUT2D eigenvalue weighted by atomic mass is 32.2. The summed E-state index contributed by atoms with van der Waals surface area (Å²) in [6.45, 7) is 0.218. The van der Waals surface area contributed by atoms with Crippen molar-refractivity contribution in [2.24, 2.45) is 0 Å². The minimum Gasteiger partial charge on any atom is -0.255 e. The summed E-state index contributed by atoms with van der Waals surface area (Å²) in [5.74, 6) is 0. The predicted octanol–water partition coefficient (Wildman–Crippen LogP) is 4.44. The van der Waals surface area contributed by atoms with Crippen molar-refractivity contribution in [3.63, 3.8) is 0 Å². The number of pyridine rings is 1. The second kappa shape index (κ2) is 6.99. The summed E-state index contributed by atoms with van der Waals surface area (Å²) in [5.41, 5.74) is 1.72. The Morgan fingerprint density at radius 1 is 0.923 bits per heavy atom. The van der Waals surface area contributed by atoms with Crippen LogP contribution in [0.4, 0.5) is 0 Å². The van der Waals surface area contributed by atoms with E-state index in [4.69, 9.17) is 0 Å². The van der Waals surface area contributed by atoms with Gasteiger partial charge in [0, 0.05) is 12.7 Å². The number of benzene rings is 2. The van der Waals surface area contributed by atoms with E-state index in [0.29, 0.717) is 0 Å². The highest BCUT2D eigenvalue weighted by molar-refractivity contribution is 7.89. The number of rotatable bonds is 5. The number of hydrogen-bond acceptors (Lipinski definition) is 4. The summed E-state index contributed by atoms with van der Waals surface area (Å²) in [4.78, 5) is 5.68. The average Bonchev–Trinajstić information content (AvgIpc) is 3.21. The highest BCUT2D eigenvalue weighted by Gasteiger charge is 2.14. The molecule has 2 heterocycles. The third-order valence-electron chi connectivity index (χ3n) is 4.10. The van der Waals surface area contributed by atoms with Crippen molar-refractivity contribution < 1.29 is 8.42 Å². The normalized spacial score (nSPS) is 11.7. The van der Waals surface area contributed by atoms with Crippen LogP contribution in [0.2, 0.25) is 0 Å². The van der Waals surface area contributed by atoms with Crippen molar-refractivity contribution in [2.45, 2.75) is 11.4 Å². The summed E-state index contributed by atoms with van der Waals surface area (Å²) in [7, 11) is -3.58. The lowest BCUT2D eigenvalue weighted by molar-refractivity contribution is 0.581. The number of nitrogens with zero attached hydrogens (tertiary/aromatic N) is 1. The Morgan fingerprint density at radius 3 is 2.58 bits per heavy atom. The second-order valence-electron chi connectivity index (χ2n) is 5.86. The van der Waals surface area contributed by atoms with Crippen molar-refractivity contribution >= 4 is 32.1 Å². The molecule has 130 valence electrons. The summed E-state index contributed by atoms with van der Waals surface area (Å²) in [6, 6.07) is 20.5. The molecule has 0 saturated carbocycles. The zero-order chi connectivity index (χ0) is 18.0. The second-order valence-corrected chi connectivity index (χ2v) is 8.57. The quantitative estimate of drug-likeness (QED) is 0.557. The largest absolute Gasteiger partial charge is 0.255 e. The zero-order valence-electron chi connectivity index (χ0n) is 13.8. The summed E-state index contributed by atoms with van der Waals surface area (Å²) in [6.07, 6.45) is 1.70. The van der Waals surface area contributed by atoms with Gasteiger partial charge in [-0.05, 0) is 52.0 Å². The van der Waals surface area contributed by atoms with Crippen LogP contribution in [0, 0.1) is 0 Å². The number of fused-ring (bicyclic) bond motifs is 1. The number of thiophene rings is 1. The highest BCUT2D eigenvalue weighted by Crippen LogP contribution is 2.23. The maximum absolute atomic E-state index is 12.6. The molecular formula is C20H16N2O2S2. The molecule has 4 nitrogen and oxygen atoms in total. The van der Waals surface area contributed by atoms with E-state index in [1.807, 2.05) is 60.0 Å². The molecule has 0 unspecified atom stereocenters. The zero-order valence-corrected chi connectivity index (χ0v) is 15.4. The minimum absolute atomic E-state index is 0.218. The van der Waals surface area contributed by atoms with E-state index in [0.717, 1.165) is 26.9 Å². The van der Waals surface area contributed by atoms with Crippen LogP contribution in [0.5, 0.6) is 0 Å². The fourth-order valence-electron chi connectivity index (χ4n) is 2.74. The lowest BCUT2D eigenvalue weighted by Crippen LogP contribution is -2.23. The van der Waals surface area contributed by atoms with Crippen LogP contribution < -0.4 is 4.72 Å². The predicted molar refractivity (Wildman–Crippen MR) is 106 cm³/mol. The molecular weight excluding hydrogens is 364 g/mol. The smallest absolute Gasteiger partial charge is 0.240 e. The monoisotopic (exact) mass is 380 g/mol. The average molecular weight is 380 g/mol. The third-order valence-corrected chi connectivity index (χ3v) is 6.39. The molecule has 1 N–H and O–H groups in total. The fourth-order valence-corrected chi connectivity index (χ4v) is 4.49. The van der Waals surface area contributed by atoms with Crippen LogP contribution in [0.3, 0.4) is 0 Å². The third kappa shape index (κ3) is 3.53. The number of aromatic nitrogens is 1.